The minimum absolute atomic E-state index is 0.0118. The highest BCUT2D eigenvalue weighted by atomic mass is 35.5. The number of hydrogen-bond acceptors (Lipinski definition) is 3. The van der Waals surface area contributed by atoms with E-state index in [4.69, 9.17) is 26.3 Å². The Bertz CT molecular complexity index is 682. The largest absolute Gasteiger partial charge is 0.493 e. The van der Waals surface area contributed by atoms with Crippen LogP contribution in [0.1, 0.15) is 16.7 Å². The van der Waals surface area contributed by atoms with Crippen molar-refractivity contribution in [3.8, 4) is 17.6 Å². The highest BCUT2D eigenvalue weighted by Gasteiger charge is 2.09. The highest BCUT2D eigenvalue weighted by molar-refractivity contribution is 6.17. The van der Waals surface area contributed by atoms with E-state index in [-0.39, 0.29) is 6.61 Å². The van der Waals surface area contributed by atoms with E-state index in [1.54, 1.807) is 12.1 Å². The molecule has 0 heterocycles. The molecule has 0 aliphatic rings. The summed E-state index contributed by atoms with van der Waals surface area (Å²) in [4.78, 5) is 0. The van der Waals surface area contributed by atoms with Gasteiger partial charge in [-0.2, -0.15) is 5.26 Å². The number of halogens is 2. The average Bonchev–Trinajstić information content (AvgIpc) is 2.54. The van der Waals surface area contributed by atoms with Gasteiger partial charge in [0.25, 0.3) is 0 Å². The predicted octanol–water partition coefficient (Wildman–Crippen LogP) is 4.02. The second kappa shape index (κ2) is 6.96. The molecule has 2 rings (SSSR count). The third kappa shape index (κ3) is 3.65. The standard InChI is InChI=1S/C16H13ClFNO2/c1-20-16-7-11(8-17)3-5-15(16)21-10-13-6-12(9-19)2-4-14(13)18/h2-7H,8,10H2,1H3. The quantitative estimate of drug-likeness (QED) is 0.783. The van der Waals surface area contributed by atoms with Crippen LogP contribution in [0.25, 0.3) is 0 Å². The van der Waals surface area contributed by atoms with E-state index in [0.717, 1.165) is 5.56 Å². The fourth-order valence-corrected chi connectivity index (χ4v) is 1.99. The van der Waals surface area contributed by atoms with Crippen molar-refractivity contribution in [3.63, 3.8) is 0 Å². The molecule has 0 saturated heterocycles. The maximum atomic E-state index is 13.7. The summed E-state index contributed by atoms with van der Waals surface area (Å²) in [7, 11) is 1.52. The van der Waals surface area contributed by atoms with Gasteiger partial charge < -0.3 is 9.47 Å². The third-order valence-electron chi connectivity index (χ3n) is 2.94. The van der Waals surface area contributed by atoms with Crippen molar-refractivity contribution in [1.29, 1.82) is 5.26 Å². The Labute approximate surface area is 127 Å². The molecule has 0 radical (unpaired) electrons. The summed E-state index contributed by atoms with van der Waals surface area (Å²) in [6.45, 7) is 0.0118. The molecule has 0 aromatic heterocycles. The van der Waals surface area contributed by atoms with Crippen molar-refractivity contribution in [2.45, 2.75) is 12.5 Å². The van der Waals surface area contributed by atoms with Crippen LogP contribution in [0.4, 0.5) is 4.39 Å². The minimum atomic E-state index is -0.412. The number of nitrogens with zero attached hydrogens (tertiary/aromatic N) is 1. The lowest BCUT2D eigenvalue weighted by Gasteiger charge is -2.12. The summed E-state index contributed by atoms with van der Waals surface area (Å²) in [6.07, 6.45) is 0. The first kappa shape index (κ1) is 15.1. The first-order valence-electron chi connectivity index (χ1n) is 6.22. The van der Waals surface area contributed by atoms with Gasteiger partial charge in [-0.05, 0) is 35.9 Å². The molecule has 5 heteroatoms. The second-order valence-electron chi connectivity index (χ2n) is 4.33. The second-order valence-corrected chi connectivity index (χ2v) is 4.59. The van der Waals surface area contributed by atoms with Crippen LogP contribution in [0, 0.1) is 17.1 Å². The summed E-state index contributed by atoms with van der Waals surface area (Å²) >= 11 is 5.76. The van der Waals surface area contributed by atoms with Gasteiger partial charge >= 0.3 is 0 Å². The van der Waals surface area contributed by atoms with Crippen LogP contribution >= 0.6 is 11.6 Å². The summed E-state index contributed by atoms with van der Waals surface area (Å²) < 4.78 is 24.5. The average molecular weight is 306 g/mol. The summed E-state index contributed by atoms with van der Waals surface area (Å²) in [5.41, 5.74) is 1.61. The minimum Gasteiger partial charge on any atom is -0.493 e. The Kier molecular flexibility index (Phi) is 5.02. The summed E-state index contributed by atoms with van der Waals surface area (Å²) in [6, 6.07) is 11.4. The Balaban J connectivity index is 2.18. The van der Waals surface area contributed by atoms with E-state index in [9.17, 15) is 4.39 Å². The van der Waals surface area contributed by atoms with Crippen molar-refractivity contribution in [3.05, 3.63) is 58.9 Å². The molecule has 2 aromatic rings. The number of nitriles is 1. The van der Waals surface area contributed by atoms with E-state index in [1.165, 1.54) is 25.3 Å². The van der Waals surface area contributed by atoms with Gasteiger partial charge in [0.1, 0.15) is 12.4 Å². The third-order valence-corrected chi connectivity index (χ3v) is 3.25. The van der Waals surface area contributed by atoms with Crippen molar-refractivity contribution >= 4 is 11.6 Å². The van der Waals surface area contributed by atoms with Crippen molar-refractivity contribution in [1.82, 2.24) is 0 Å². The van der Waals surface area contributed by atoms with Gasteiger partial charge in [-0.25, -0.2) is 4.39 Å². The number of ether oxygens (including phenoxy) is 2. The van der Waals surface area contributed by atoms with E-state index in [0.29, 0.717) is 28.5 Å². The molecular formula is C16H13ClFNO2. The van der Waals surface area contributed by atoms with E-state index < -0.39 is 5.82 Å². The number of hydrogen-bond donors (Lipinski definition) is 0. The van der Waals surface area contributed by atoms with Gasteiger partial charge in [0, 0.05) is 11.4 Å². The Morgan fingerprint density at radius 3 is 2.67 bits per heavy atom. The monoisotopic (exact) mass is 305 g/mol. The molecule has 108 valence electrons. The number of alkyl halides is 1. The van der Waals surface area contributed by atoms with Crippen molar-refractivity contribution < 1.29 is 13.9 Å². The molecule has 0 atom stereocenters. The van der Waals surface area contributed by atoms with Crippen LogP contribution in [0.2, 0.25) is 0 Å². The first-order chi connectivity index (χ1) is 10.2. The Morgan fingerprint density at radius 2 is 2.00 bits per heavy atom. The molecule has 0 fully saturated rings. The van der Waals surface area contributed by atoms with Crippen LogP contribution in [0.3, 0.4) is 0 Å². The smallest absolute Gasteiger partial charge is 0.161 e. The van der Waals surface area contributed by atoms with E-state index >= 15 is 0 Å². The predicted molar refractivity (Wildman–Crippen MR) is 78.0 cm³/mol. The van der Waals surface area contributed by atoms with Gasteiger partial charge in [-0.15, -0.1) is 11.6 Å². The summed E-state index contributed by atoms with van der Waals surface area (Å²) in [5.74, 6) is 0.985. The fourth-order valence-electron chi connectivity index (χ4n) is 1.82. The molecule has 0 unspecified atom stereocenters. The molecule has 0 aliphatic carbocycles. The van der Waals surface area contributed by atoms with Crippen molar-refractivity contribution in [2.75, 3.05) is 7.11 Å². The van der Waals surface area contributed by atoms with Crippen LogP contribution in [-0.4, -0.2) is 7.11 Å². The zero-order valence-electron chi connectivity index (χ0n) is 11.4. The maximum absolute atomic E-state index is 13.7. The molecule has 0 bridgehead atoms. The van der Waals surface area contributed by atoms with Crippen molar-refractivity contribution in [2.24, 2.45) is 0 Å². The van der Waals surface area contributed by atoms with Crippen LogP contribution in [-0.2, 0) is 12.5 Å². The van der Waals surface area contributed by atoms with E-state index in [2.05, 4.69) is 0 Å². The number of methoxy groups -OCH3 is 1. The van der Waals surface area contributed by atoms with Gasteiger partial charge in [0.2, 0.25) is 0 Å². The number of benzene rings is 2. The highest BCUT2D eigenvalue weighted by Crippen LogP contribution is 2.29. The summed E-state index contributed by atoms with van der Waals surface area (Å²) in [5, 5.41) is 8.83. The molecule has 2 aromatic carbocycles. The van der Waals surface area contributed by atoms with Crippen LogP contribution in [0.15, 0.2) is 36.4 Å². The lowest BCUT2D eigenvalue weighted by atomic mass is 10.1. The van der Waals surface area contributed by atoms with E-state index in [1.807, 2.05) is 12.1 Å². The number of rotatable bonds is 5. The van der Waals surface area contributed by atoms with Gasteiger partial charge in [0.15, 0.2) is 11.5 Å². The van der Waals surface area contributed by atoms with Crippen LogP contribution in [0.5, 0.6) is 11.5 Å². The molecule has 0 aliphatic heterocycles. The van der Waals surface area contributed by atoms with Crippen LogP contribution < -0.4 is 9.47 Å². The SMILES string of the molecule is COc1cc(CCl)ccc1OCc1cc(C#N)ccc1F. The van der Waals surface area contributed by atoms with Gasteiger partial charge in [0.05, 0.1) is 18.7 Å². The normalized spacial score (nSPS) is 10.0. The molecule has 3 nitrogen and oxygen atoms in total. The Hall–Kier alpha value is -2.25. The first-order valence-corrected chi connectivity index (χ1v) is 6.75. The topological polar surface area (TPSA) is 42.2 Å². The molecule has 0 amide bonds. The lowest BCUT2D eigenvalue weighted by Crippen LogP contribution is -2.01. The molecule has 0 N–H and O–H groups in total. The van der Waals surface area contributed by atoms with Gasteiger partial charge in [-0.1, -0.05) is 6.07 Å². The van der Waals surface area contributed by atoms with Gasteiger partial charge in [-0.3, -0.25) is 0 Å². The Morgan fingerprint density at radius 1 is 1.19 bits per heavy atom. The molecule has 21 heavy (non-hydrogen) atoms. The maximum Gasteiger partial charge on any atom is 0.161 e. The molecular weight excluding hydrogens is 293 g/mol. The zero-order valence-corrected chi connectivity index (χ0v) is 12.2. The fraction of sp³-hybridized carbons (Fsp3) is 0.188. The lowest BCUT2D eigenvalue weighted by molar-refractivity contribution is 0.279. The molecule has 0 saturated carbocycles. The molecule has 0 spiro atoms. The zero-order chi connectivity index (χ0) is 15.2.